The summed E-state index contributed by atoms with van der Waals surface area (Å²) in [6.07, 6.45) is 4.79. The van der Waals surface area contributed by atoms with Crippen molar-refractivity contribution in [1.82, 2.24) is 15.5 Å². The van der Waals surface area contributed by atoms with Crippen LogP contribution in [0.1, 0.15) is 50.2 Å². The molecule has 0 spiro atoms. The number of aliphatic imine (C=N–C) groups is 1. The van der Waals surface area contributed by atoms with E-state index in [0.29, 0.717) is 12.0 Å². The molecule has 0 saturated heterocycles. The zero-order valence-corrected chi connectivity index (χ0v) is 14.6. The molecule has 6 nitrogen and oxygen atoms in total. The van der Waals surface area contributed by atoms with E-state index in [4.69, 9.17) is 4.42 Å². The van der Waals surface area contributed by atoms with E-state index < -0.39 is 0 Å². The van der Waals surface area contributed by atoms with E-state index in [0.717, 1.165) is 24.4 Å². The molecular formula is C17H28N4O2. The van der Waals surface area contributed by atoms with E-state index in [1.165, 1.54) is 12.8 Å². The standard InChI is InChI=1S/C17H28N4O2/c1-12-9-10-15(23-12)13(2)19-17(18-11-16(22)21(3)4)20-14-7-5-6-8-14/h9-10,13-14H,5-8,11H2,1-4H3,(H2,18,19,20). The van der Waals surface area contributed by atoms with Crippen molar-refractivity contribution in [2.24, 2.45) is 4.99 Å². The minimum Gasteiger partial charge on any atom is -0.464 e. The SMILES string of the molecule is Cc1ccc(C(C)NC(=NCC(=O)N(C)C)NC2CCCC2)o1. The van der Waals surface area contributed by atoms with Crippen molar-refractivity contribution in [2.75, 3.05) is 20.6 Å². The molecule has 1 amide bonds. The number of guanidine groups is 1. The Balaban J connectivity index is 2.02. The molecule has 2 rings (SSSR count). The van der Waals surface area contributed by atoms with Gasteiger partial charge in [-0.2, -0.15) is 0 Å². The van der Waals surface area contributed by atoms with Gasteiger partial charge >= 0.3 is 0 Å². The molecule has 1 unspecified atom stereocenters. The van der Waals surface area contributed by atoms with Crippen LogP contribution in [0.3, 0.4) is 0 Å². The van der Waals surface area contributed by atoms with Crippen LogP contribution in [0.25, 0.3) is 0 Å². The third-order valence-electron chi connectivity index (χ3n) is 4.11. The molecule has 0 radical (unpaired) electrons. The number of amides is 1. The summed E-state index contributed by atoms with van der Waals surface area (Å²) in [7, 11) is 3.48. The first-order chi connectivity index (χ1) is 11.0. The van der Waals surface area contributed by atoms with Gasteiger partial charge in [0.15, 0.2) is 5.96 Å². The highest BCUT2D eigenvalue weighted by atomic mass is 16.3. The monoisotopic (exact) mass is 320 g/mol. The number of hydrogen-bond donors (Lipinski definition) is 2. The summed E-state index contributed by atoms with van der Waals surface area (Å²) < 4.78 is 5.66. The second-order valence-corrected chi connectivity index (χ2v) is 6.39. The number of nitrogens with one attached hydrogen (secondary N) is 2. The fourth-order valence-corrected chi connectivity index (χ4v) is 2.65. The van der Waals surface area contributed by atoms with Gasteiger partial charge in [0.2, 0.25) is 5.91 Å². The number of rotatable bonds is 5. The molecule has 1 aromatic rings. The Hall–Kier alpha value is -1.98. The van der Waals surface area contributed by atoms with Gasteiger partial charge < -0.3 is 20.0 Å². The van der Waals surface area contributed by atoms with E-state index in [-0.39, 0.29) is 18.5 Å². The predicted octanol–water partition coefficient (Wildman–Crippen LogP) is 2.22. The normalized spacial score (nSPS) is 17.1. The van der Waals surface area contributed by atoms with Crippen LogP contribution >= 0.6 is 0 Å². The number of likely N-dealkylation sites (N-methyl/N-ethyl adjacent to an activating group) is 1. The topological polar surface area (TPSA) is 69.9 Å². The van der Waals surface area contributed by atoms with E-state index in [9.17, 15) is 4.79 Å². The van der Waals surface area contributed by atoms with Gasteiger partial charge in [-0.1, -0.05) is 12.8 Å². The number of carbonyl (C=O) groups excluding carboxylic acids is 1. The van der Waals surface area contributed by atoms with E-state index in [2.05, 4.69) is 15.6 Å². The molecule has 0 bridgehead atoms. The van der Waals surface area contributed by atoms with Crippen molar-refractivity contribution < 1.29 is 9.21 Å². The fourth-order valence-electron chi connectivity index (χ4n) is 2.65. The van der Waals surface area contributed by atoms with Crippen molar-refractivity contribution in [3.8, 4) is 0 Å². The van der Waals surface area contributed by atoms with Gasteiger partial charge in [0, 0.05) is 20.1 Å². The zero-order chi connectivity index (χ0) is 16.8. The highest BCUT2D eigenvalue weighted by Gasteiger charge is 2.18. The molecule has 1 atom stereocenters. The highest BCUT2D eigenvalue weighted by molar-refractivity contribution is 5.85. The van der Waals surface area contributed by atoms with Gasteiger partial charge in [0.05, 0.1) is 6.04 Å². The van der Waals surface area contributed by atoms with Crippen LogP contribution in [-0.2, 0) is 4.79 Å². The molecule has 1 aliphatic carbocycles. The van der Waals surface area contributed by atoms with Crippen LogP contribution in [0.15, 0.2) is 21.5 Å². The Morgan fingerprint density at radius 2 is 2.09 bits per heavy atom. The number of nitrogens with zero attached hydrogens (tertiary/aromatic N) is 2. The second-order valence-electron chi connectivity index (χ2n) is 6.39. The van der Waals surface area contributed by atoms with Crippen LogP contribution in [0, 0.1) is 6.92 Å². The van der Waals surface area contributed by atoms with E-state index >= 15 is 0 Å². The van der Waals surface area contributed by atoms with E-state index in [1.54, 1.807) is 19.0 Å². The number of carbonyl (C=O) groups is 1. The van der Waals surface area contributed by atoms with Crippen LogP contribution in [0.5, 0.6) is 0 Å². The summed E-state index contributed by atoms with van der Waals surface area (Å²) in [5.74, 6) is 2.41. The van der Waals surface area contributed by atoms with Crippen LogP contribution in [-0.4, -0.2) is 43.4 Å². The average molecular weight is 320 g/mol. The molecule has 1 aromatic heterocycles. The maximum absolute atomic E-state index is 11.8. The molecular weight excluding hydrogens is 292 g/mol. The van der Waals surface area contributed by atoms with Gasteiger partial charge in [0.1, 0.15) is 18.1 Å². The van der Waals surface area contributed by atoms with Crippen LogP contribution < -0.4 is 10.6 Å². The number of furan rings is 1. The first-order valence-corrected chi connectivity index (χ1v) is 8.29. The molecule has 6 heteroatoms. The zero-order valence-electron chi connectivity index (χ0n) is 14.6. The first kappa shape index (κ1) is 17.4. The maximum atomic E-state index is 11.8. The first-order valence-electron chi connectivity index (χ1n) is 8.29. The molecule has 0 aromatic carbocycles. The van der Waals surface area contributed by atoms with Crippen molar-refractivity contribution in [3.63, 3.8) is 0 Å². The van der Waals surface area contributed by atoms with Gasteiger partial charge in [-0.3, -0.25) is 4.79 Å². The number of hydrogen-bond acceptors (Lipinski definition) is 3. The van der Waals surface area contributed by atoms with Crippen molar-refractivity contribution in [2.45, 2.75) is 51.6 Å². The molecule has 128 valence electrons. The minimum atomic E-state index is -0.0148. The Labute approximate surface area is 138 Å². The third-order valence-corrected chi connectivity index (χ3v) is 4.11. The Morgan fingerprint density at radius 1 is 1.39 bits per heavy atom. The maximum Gasteiger partial charge on any atom is 0.243 e. The Bertz CT molecular complexity index is 545. The summed E-state index contributed by atoms with van der Waals surface area (Å²) in [6.45, 7) is 4.09. The molecule has 1 saturated carbocycles. The quantitative estimate of drug-likeness (QED) is 0.645. The third kappa shape index (κ3) is 5.30. The summed E-state index contributed by atoms with van der Waals surface area (Å²) in [6, 6.07) is 4.34. The lowest BCUT2D eigenvalue weighted by Crippen LogP contribution is -2.44. The van der Waals surface area contributed by atoms with Gasteiger partial charge in [-0.15, -0.1) is 0 Å². The fraction of sp³-hybridized carbons (Fsp3) is 0.647. The van der Waals surface area contributed by atoms with Crippen LogP contribution in [0.2, 0.25) is 0 Å². The molecule has 1 heterocycles. The lowest BCUT2D eigenvalue weighted by molar-refractivity contribution is -0.127. The van der Waals surface area contributed by atoms with Crippen molar-refractivity contribution >= 4 is 11.9 Å². The van der Waals surface area contributed by atoms with Crippen molar-refractivity contribution in [3.05, 3.63) is 23.7 Å². The highest BCUT2D eigenvalue weighted by Crippen LogP contribution is 2.18. The lowest BCUT2D eigenvalue weighted by Gasteiger charge is -2.20. The average Bonchev–Trinajstić information content (AvgIpc) is 3.15. The van der Waals surface area contributed by atoms with Crippen LogP contribution in [0.4, 0.5) is 0 Å². The number of aryl methyl sites for hydroxylation is 1. The largest absolute Gasteiger partial charge is 0.464 e. The predicted molar refractivity (Wildman–Crippen MR) is 91.4 cm³/mol. The lowest BCUT2D eigenvalue weighted by atomic mass is 10.2. The van der Waals surface area contributed by atoms with Gasteiger partial charge in [-0.25, -0.2) is 4.99 Å². The summed E-state index contributed by atoms with van der Waals surface area (Å²) in [5.41, 5.74) is 0. The van der Waals surface area contributed by atoms with Gasteiger partial charge in [-0.05, 0) is 38.8 Å². The van der Waals surface area contributed by atoms with Crippen molar-refractivity contribution in [1.29, 1.82) is 0 Å². The summed E-state index contributed by atoms with van der Waals surface area (Å²) >= 11 is 0. The Kier molecular flexibility index (Phi) is 6.07. The Morgan fingerprint density at radius 3 is 2.65 bits per heavy atom. The molecule has 1 fully saturated rings. The van der Waals surface area contributed by atoms with E-state index in [1.807, 2.05) is 26.0 Å². The van der Waals surface area contributed by atoms with Gasteiger partial charge in [0.25, 0.3) is 0 Å². The molecule has 2 N–H and O–H groups in total. The summed E-state index contributed by atoms with van der Waals surface area (Å²) in [5, 5.41) is 6.79. The second kappa shape index (κ2) is 8.04. The molecule has 1 aliphatic rings. The minimum absolute atomic E-state index is 0.00851. The smallest absolute Gasteiger partial charge is 0.243 e. The summed E-state index contributed by atoms with van der Waals surface area (Å²) in [4.78, 5) is 17.8. The molecule has 23 heavy (non-hydrogen) atoms. The molecule has 0 aliphatic heterocycles.